The van der Waals surface area contributed by atoms with Crippen LogP contribution in [-0.2, 0) is 11.3 Å². The Labute approximate surface area is 135 Å². The zero-order chi connectivity index (χ0) is 16.1. The van der Waals surface area contributed by atoms with Crippen molar-refractivity contribution in [3.05, 3.63) is 60.0 Å². The van der Waals surface area contributed by atoms with Crippen LogP contribution < -0.4 is 5.32 Å². The molecule has 120 valence electrons. The molecular weight excluding hydrogens is 293 g/mol. The van der Waals surface area contributed by atoms with Gasteiger partial charge in [0, 0.05) is 19.6 Å². The van der Waals surface area contributed by atoms with E-state index in [0.717, 1.165) is 18.7 Å². The molecule has 4 nitrogen and oxygen atoms in total. The van der Waals surface area contributed by atoms with Crippen LogP contribution in [0.15, 0.2) is 48.6 Å². The van der Waals surface area contributed by atoms with Gasteiger partial charge in [0.15, 0.2) is 0 Å². The van der Waals surface area contributed by atoms with E-state index in [9.17, 15) is 9.65 Å². The molecule has 2 atom stereocenters. The van der Waals surface area contributed by atoms with Crippen molar-refractivity contribution in [2.75, 3.05) is 26.3 Å². The van der Waals surface area contributed by atoms with Crippen LogP contribution in [0.1, 0.15) is 5.56 Å². The fourth-order valence-corrected chi connectivity index (χ4v) is 3.13. The minimum Gasteiger partial charge on any atom is -0.379 e. The van der Waals surface area contributed by atoms with Crippen molar-refractivity contribution >= 4 is 0 Å². The maximum absolute atomic E-state index is 13.1. The van der Waals surface area contributed by atoms with Crippen molar-refractivity contribution in [2.24, 2.45) is 5.92 Å². The number of nitriles is 1. The maximum atomic E-state index is 13.1. The minimum atomic E-state index is -0.554. The average Bonchev–Trinajstić information content (AvgIpc) is 2.62. The first-order valence-corrected chi connectivity index (χ1v) is 7.82. The number of ether oxygens (including phenoxy) is 1. The highest BCUT2D eigenvalue weighted by Gasteiger charge is 2.42. The number of halogens is 1. The number of hydrogen-bond donors (Lipinski definition) is 1. The van der Waals surface area contributed by atoms with E-state index in [4.69, 9.17) is 4.74 Å². The molecule has 1 aliphatic heterocycles. The van der Waals surface area contributed by atoms with Crippen molar-refractivity contribution < 1.29 is 9.13 Å². The predicted octanol–water partition coefficient (Wildman–Crippen LogP) is 2.21. The van der Waals surface area contributed by atoms with Gasteiger partial charge in [-0.1, -0.05) is 30.4 Å². The lowest BCUT2D eigenvalue weighted by Crippen LogP contribution is -2.64. The largest absolute Gasteiger partial charge is 0.379 e. The van der Waals surface area contributed by atoms with Crippen LogP contribution in [0.25, 0.3) is 0 Å². The van der Waals surface area contributed by atoms with Gasteiger partial charge in [0.05, 0.1) is 25.2 Å². The van der Waals surface area contributed by atoms with E-state index in [1.807, 2.05) is 18.2 Å². The third-order valence-corrected chi connectivity index (χ3v) is 4.40. The summed E-state index contributed by atoms with van der Waals surface area (Å²) in [5.41, 5.74) is 0.431. The van der Waals surface area contributed by atoms with Gasteiger partial charge in [0.1, 0.15) is 11.5 Å². The highest BCUT2D eigenvalue weighted by atomic mass is 19.1. The topological polar surface area (TPSA) is 48.3 Å². The SMILES string of the molecule is N#CC1C=CC=CC1(NCc1ccc(F)cc1)N1CCOCC1. The molecule has 1 aliphatic carbocycles. The van der Waals surface area contributed by atoms with Crippen LogP contribution in [-0.4, -0.2) is 36.9 Å². The molecule has 1 N–H and O–H groups in total. The van der Waals surface area contributed by atoms with Crippen LogP contribution in [0.2, 0.25) is 0 Å². The smallest absolute Gasteiger partial charge is 0.123 e. The number of rotatable bonds is 4. The van der Waals surface area contributed by atoms with E-state index < -0.39 is 5.66 Å². The summed E-state index contributed by atoms with van der Waals surface area (Å²) in [6, 6.07) is 8.83. The molecule has 0 radical (unpaired) electrons. The second-order valence-electron chi connectivity index (χ2n) is 5.76. The number of nitrogens with one attached hydrogen (secondary N) is 1. The molecule has 1 saturated heterocycles. The molecule has 0 bridgehead atoms. The zero-order valence-corrected chi connectivity index (χ0v) is 12.9. The Morgan fingerprint density at radius 3 is 2.70 bits per heavy atom. The fourth-order valence-electron chi connectivity index (χ4n) is 3.13. The maximum Gasteiger partial charge on any atom is 0.123 e. The van der Waals surface area contributed by atoms with Crippen LogP contribution >= 0.6 is 0 Å². The van der Waals surface area contributed by atoms with Gasteiger partial charge < -0.3 is 4.74 Å². The summed E-state index contributed by atoms with van der Waals surface area (Å²) in [4.78, 5) is 2.26. The zero-order valence-electron chi connectivity index (χ0n) is 12.9. The molecule has 0 saturated carbocycles. The van der Waals surface area contributed by atoms with Crippen LogP contribution in [0.3, 0.4) is 0 Å². The Morgan fingerprint density at radius 1 is 1.26 bits per heavy atom. The quantitative estimate of drug-likeness (QED) is 0.926. The van der Waals surface area contributed by atoms with Gasteiger partial charge in [-0.3, -0.25) is 10.2 Å². The molecule has 0 aromatic heterocycles. The normalized spacial score (nSPS) is 27.7. The molecular formula is C18H20FN3O. The molecule has 0 spiro atoms. The summed E-state index contributed by atoms with van der Waals surface area (Å²) in [5, 5.41) is 13.1. The fraction of sp³-hybridized carbons (Fsp3) is 0.389. The number of morpholine rings is 1. The number of nitrogens with zero attached hydrogens (tertiary/aromatic N) is 2. The van der Waals surface area contributed by atoms with E-state index >= 15 is 0 Å². The monoisotopic (exact) mass is 313 g/mol. The Bertz CT molecular complexity index is 629. The standard InChI is InChI=1S/C18H20FN3O/c19-17-6-4-15(5-7-17)14-21-18(22-9-11-23-12-10-22)8-2-1-3-16(18)13-20/h1-8,16,21H,9-12,14H2. The Kier molecular flexibility index (Phi) is 4.87. The second-order valence-corrected chi connectivity index (χ2v) is 5.76. The number of allylic oxidation sites excluding steroid dienone is 2. The molecule has 1 aromatic rings. The van der Waals surface area contributed by atoms with Crippen molar-refractivity contribution in [3.63, 3.8) is 0 Å². The number of hydrogen-bond acceptors (Lipinski definition) is 4. The Balaban J connectivity index is 1.83. The van der Waals surface area contributed by atoms with E-state index in [1.165, 1.54) is 12.1 Å². The minimum absolute atomic E-state index is 0.243. The Hall–Kier alpha value is -2.00. The van der Waals surface area contributed by atoms with Crippen molar-refractivity contribution in [1.29, 1.82) is 5.26 Å². The second kappa shape index (κ2) is 7.05. The van der Waals surface area contributed by atoms with Crippen molar-refractivity contribution in [1.82, 2.24) is 10.2 Å². The average molecular weight is 313 g/mol. The van der Waals surface area contributed by atoms with Gasteiger partial charge in [0.2, 0.25) is 0 Å². The number of benzene rings is 1. The lowest BCUT2D eigenvalue weighted by atomic mass is 9.86. The molecule has 0 amide bonds. The predicted molar refractivity (Wildman–Crippen MR) is 85.7 cm³/mol. The first kappa shape index (κ1) is 15.9. The van der Waals surface area contributed by atoms with E-state index in [2.05, 4.69) is 22.4 Å². The van der Waals surface area contributed by atoms with Gasteiger partial charge in [-0.2, -0.15) is 5.26 Å². The Morgan fingerprint density at radius 2 is 2.00 bits per heavy atom. The van der Waals surface area contributed by atoms with Gasteiger partial charge in [-0.05, 0) is 23.8 Å². The molecule has 5 heteroatoms. The van der Waals surface area contributed by atoms with Crippen LogP contribution in [0.4, 0.5) is 4.39 Å². The first-order valence-electron chi connectivity index (χ1n) is 7.82. The lowest BCUT2D eigenvalue weighted by molar-refractivity contribution is -0.0272. The van der Waals surface area contributed by atoms with Crippen molar-refractivity contribution in [2.45, 2.75) is 12.2 Å². The first-order chi connectivity index (χ1) is 11.2. The molecule has 23 heavy (non-hydrogen) atoms. The van der Waals surface area contributed by atoms with Crippen LogP contribution in [0, 0.1) is 23.1 Å². The molecule has 2 aliphatic rings. The third kappa shape index (κ3) is 3.35. The molecule has 1 fully saturated rings. The van der Waals surface area contributed by atoms with Gasteiger partial charge >= 0.3 is 0 Å². The molecule has 2 unspecified atom stereocenters. The highest BCUT2D eigenvalue weighted by molar-refractivity contribution is 5.29. The van der Waals surface area contributed by atoms with Gasteiger partial charge in [0.25, 0.3) is 0 Å². The summed E-state index contributed by atoms with van der Waals surface area (Å²) < 4.78 is 18.5. The molecule has 1 aromatic carbocycles. The van der Waals surface area contributed by atoms with Crippen LogP contribution in [0.5, 0.6) is 0 Å². The summed E-state index contributed by atoms with van der Waals surface area (Å²) in [5.74, 6) is -0.530. The van der Waals surface area contributed by atoms with Gasteiger partial charge in [-0.25, -0.2) is 4.39 Å². The highest BCUT2D eigenvalue weighted by Crippen LogP contribution is 2.29. The lowest BCUT2D eigenvalue weighted by Gasteiger charge is -2.47. The van der Waals surface area contributed by atoms with Gasteiger partial charge in [-0.15, -0.1) is 0 Å². The summed E-state index contributed by atoms with van der Waals surface area (Å²) in [6.45, 7) is 3.43. The summed E-state index contributed by atoms with van der Waals surface area (Å²) in [7, 11) is 0. The summed E-state index contributed by atoms with van der Waals surface area (Å²) in [6.07, 6.45) is 7.86. The van der Waals surface area contributed by atoms with E-state index in [0.29, 0.717) is 19.8 Å². The van der Waals surface area contributed by atoms with E-state index in [1.54, 1.807) is 12.1 Å². The summed E-state index contributed by atoms with van der Waals surface area (Å²) >= 11 is 0. The molecule has 1 heterocycles. The third-order valence-electron chi connectivity index (χ3n) is 4.40. The molecule has 3 rings (SSSR count). The van der Waals surface area contributed by atoms with Crippen molar-refractivity contribution in [3.8, 4) is 6.07 Å². The van der Waals surface area contributed by atoms with E-state index in [-0.39, 0.29) is 11.7 Å².